The lowest BCUT2D eigenvalue weighted by Crippen LogP contribution is -2.27. The van der Waals surface area contributed by atoms with Gasteiger partial charge in [-0.1, -0.05) is 42.5 Å². The van der Waals surface area contributed by atoms with Crippen molar-refractivity contribution >= 4 is 11.6 Å². The number of aromatic nitrogens is 2. The molecule has 25 heavy (non-hydrogen) atoms. The zero-order valence-electron chi connectivity index (χ0n) is 14.3. The van der Waals surface area contributed by atoms with Crippen molar-refractivity contribution in [3.8, 4) is 11.3 Å². The van der Waals surface area contributed by atoms with Crippen molar-refractivity contribution in [2.24, 2.45) is 7.05 Å². The Kier molecular flexibility index (Phi) is 5.26. The summed E-state index contributed by atoms with van der Waals surface area (Å²) in [5.41, 5.74) is 3.76. The van der Waals surface area contributed by atoms with E-state index >= 15 is 0 Å². The molecule has 0 radical (unpaired) electrons. The van der Waals surface area contributed by atoms with Crippen LogP contribution in [0.2, 0.25) is 0 Å². The summed E-state index contributed by atoms with van der Waals surface area (Å²) in [6, 6.07) is 19.4. The molecule has 1 N–H and O–H groups in total. The van der Waals surface area contributed by atoms with Crippen molar-refractivity contribution in [3.05, 3.63) is 72.4 Å². The van der Waals surface area contributed by atoms with Crippen molar-refractivity contribution in [1.82, 2.24) is 9.78 Å². The van der Waals surface area contributed by atoms with Crippen molar-refractivity contribution in [1.29, 1.82) is 0 Å². The summed E-state index contributed by atoms with van der Waals surface area (Å²) in [6.07, 6.45) is 1.21. The highest BCUT2D eigenvalue weighted by Crippen LogP contribution is 2.22. The van der Waals surface area contributed by atoms with Crippen LogP contribution in [0.25, 0.3) is 11.3 Å². The largest absolute Gasteiger partial charge is 0.364 e. The van der Waals surface area contributed by atoms with Gasteiger partial charge in [0.2, 0.25) is 0 Å². The fourth-order valence-electron chi connectivity index (χ4n) is 2.53. The van der Waals surface area contributed by atoms with E-state index in [1.807, 2.05) is 67.7 Å². The second kappa shape index (κ2) is 7.77. The van der Waals surface area contributed by atoms with E-state index in [2.05, 4.69) is 10.4 Å². The first-order chi connectivity index (χ1) is 12.1. The lowest BCUT2D eigenvalue weighted by molar-refractivity contribution is -0.127. The third-order valence-electron chi connectivity index (χ3n) is 3.96. The zero-order chi connectivity index (χ0) is 17.6. The molecule has 1 heterocycles. The van der Waals surface area contributed by atoms with Crippen molar-refractivity contribution in [2.45, 2.75) is 19.6 Å². The van der Waals surface area contributed by atoms with Crippen LogP contribution in [0.15, 0.2) is 66.9 Å². The number of hydrogen-bond acceptors (Lipinski definition) is 3. The molecule has 2 aromatic carbocycles. The molecule has 0 unspecified atom stereocenters. The van der Waals surface area contributed by atoms with Crippen molar-refractivity contribution in [2.75, 3.05) is 5.32 Å². The number of ether oxygens (including phenoxy) is 1. The third kappa shape index (κ3) is 4.33. The highest BCUT2D eigenvalue weighted by atomic mass is 16.5. The minimum Gasteiger partial charge on any atom is -0.364 e. The average Bonchev–Trinajstić information content (AvgIpc) is 3.06. The summed E-state index contributed by atoms with van der Waals surface area (Å²) < 4.78 is 7.46. The number of nitrogens with one attached hydrogen (secondary N) is 1. The molecule has 5 nitrogen and oxygen atoms in total. The zero-order valence-corrected chi connectivity index (χ0v) is 14.3. The van der Waals surface area contributed by atoms with Crippen LogP contribution >= 0.6 is 0 Å². The van der Waals surface area contributed by atoms with Gasteiger partial charge in [0.25, 0.3) is 5.91 Å². The first-order valence-corrected chi connectivity index (χ1v) is 8.18. The minimum atomic E-state index is -0.541. The van der Waals surface area contributed by atoms with Crippen LogP contribution < -0.4 is 5.32 Å². The summed E-state index contributed by atoms with van der Waals surface area (Å²) in [7, 11) is 1.89. The molecule has 1 aromatic heterocycles. The topological polar surface area (TPSA) is 56.1 Å². The number of rotatable bonds is 6. The SMILES string of the molecule is C[C@H](OCc1ccccc1)C(=O)Nc1cccc(-c2ccnn2C)c1. The fraction of sp³-hybridized carbons (Fsp3) is 0.200. The molecule has 0 aliphatic carbocycles. The van der Waals surface area contributed by atoms with E-state index in [1.165, 1.54) is 0 Å². The number of nitrogens with zero attached hydrogens (tertiary/aromatic N) is 2. The van der Waals surface area contributed by atoms with Gasteiger partial charge in [0.05, 0.1) is 12.3 Å². The highest BCUT2D eigenvalue weighted by Gasteiger charge is 2.14. The van der Waals surface area contributed by atoms with Gasteiger partial charge in [-0.25, -0.2) is 0 Å². The van der Waals surface area contributed by atoms with E-state index in [1.54, 1.807) is 17.8 Å². The maximum absolute atomic E-state index is 12.3. The molecule has 1 atom stereocenters. The van der Waals surface area contributed by atoms with E-state index in [9.17, 15) is 4.79 Å². The Morgan fingerprint density at radius 3 is 2.68 bits per heavy atom. The predicted molar refractivity (Wildman–Crippen MR) is 98.0 cm³/mol. The molecule has 0 aliphatic heterocycles. The lowest BCUT2D eigenvalue weighted by Gasteiger charge is -2.14. The predicted octanol–water partition coefficient (Wildman–Crippen LogP) is 3.63. The Morgan fingerprint density at radius 2 is 1.96 bits per heavy atom. The Bertz CT molecular complexity index is 843. The third-order valence-corrected chi connectivity index (χ3v) is 3.96. The monoisotopic (exact) mass is 335 g/mol. The first kappa shape index (κ1) is 16.9. The van der Waals surface area contributed by atoms with Gasteiger partial charge >= 0.3 is 0 Å². The molecule has 128 valence electrons. The fourth-order valence-corrected chi connectivity index (χ4v) is 2.53. The summed E-state index contributed by atoms with van der Waals surface area (Å²) >= 11 is 0. The van der Waals surface area contributed by atoms with E-state index in [0.29, 0.717) is 6.61 Å². The molecule has 3 rings (SSSR count). The number of carbonyl (C=O) groups is 1. The molecule has 0 saturated carbocycles. The van der Waals surface area contributed by atoms with Crippen molar-refractivity contribution in [3.63, 3.8) is 0 Å². The molecule has 1 amide bonds. The second-order valence-electron chi connectivity index (χ2n) is 5.85. The first-order valence-electron chi connectivity index (χ1n) is 8.18. The van der Waals surface area contributed by atoms with Gasteiger partial charge < -0.3 is 10.1 Å². The number of benzene rings is 2. The summed E-state index contributed by atoms with van der Waals surface area (Å²) in [6.45, 7) is 2.16. The number of carbonyl (C=O) groups excluding carboxylic acids is 1. The van der Waals surface area contributed by atoms with E-state index in [0.717, 1.165) is 22.5 Å². The summed E-state index contributed by atoms with van der Waals surface area (Å²) in [5.74, 6) is -0.168. The highest BCUT2D eigenvalue weighted by molar-refractivity contribution is 5.94. The average molecular weight is 335 g/mol. The smallest absolute Gasteiger partial charge is 0.253 e. The van der Waals surface area contributed by atoms with Gasteiger partial charge in [-0.05, 0) is 30.7 Å². The molecule has 0 fully saturated rings. The van der Waals surface area contributed by atoms with E-state index in [-0.39, 0.29) is 5.91 Å². The Labute approximate surface area is 147 Å². The molecular weight excluding hydrogens is 314 g/mol. The van der Waals surface area contributed by atoms with Gasteiger partial charge in [-0.3, -0.25) is 9.48 Å². The summed E-state index contributed by atoms with van der Waals surface area (Å²) in [4.78, 5) is 12.3. The van der Waals surface area contributed by atoms with Crippen LogP contribution in [0, 0.1) is 0 Å². The Morgan fingerprint density at radius 1 is 1.16 bits per heavy atom. The Hall–Kier alpha value is -2.92. The number of hydrogen-bond donors (Lipinski definition) is 1. The van der Waals surface area contributed by atoms with Crippen LogP contribution in [-0.2, 0) is 23.2 Å². The van der Waals surface area contributed by atoms with Crippen LogP contribution in [0.4, 0.5) is 5.69 Å². The van der Waals surface area contributed by atoms with E-state index in [4.69, 9.17) is 4.74 Å². The van der Waals surface area contributed by atoms with Gasteiger partial charge in [-0.2, -0.15) is 5.10 Å². The standard InChI is InChI=1S/C20H21N3O2/c1-15(25-14-16-7-4-3-5-8-16)20(24)22-18-10-6-9-17(13-18)19-11-12-21-23(19)2/h3-13,15H,14H2,1-2H3,(H,22,24)/t15-/m0/s1. The van der Waals surface area contributed by atoms with Gasteiger partial charge in [0, 0.05) is 24.5 Å². The van der Waals surface area contributed by atoms with Crippen LogP contribution in [0.5, 0.6) is 0 Å². The number of amides is 1. The molecule has 5 heteroatoms. The molecule has 0 bridgehead atoms. The molecular formula is C20H21N3O2. The van der Waals surface area contributed by atoms with Gasteiger partial charge in [-0.15, -0.1) is 0 Å². The lowest BCUT2D eigenvalue weighted by atomic mass is 10.1. The molecule has 0 spiro atoms. The molecule has 0 saturated heterocycles. The maximum atomic E-state index is 12.3. The minimum absolute atomic E-state index is 0.168. The van der Waals surface area contributed by atoms with Crippen LogP contribution in [-0.4, -0.2) is 21.8 Å². The van der Waals surface area contributed by atoms with Gasteiger partial charge in [0.1, 0.15) is 6.10 Å². The van der Waals surface area contributed by atoms with Crippen LogP contribution in [0.1, 0.15) is 12.5 Å². The Balaban J connectivity index is 1.62. The van der Waals surface area contributed by atoms with Crippen molar-refractivity contribution < 1.29 is 9.53 Å². The van der Waals surface area contributed by atoms with E-state index < -0.39 is 6.10 Å². The second-order valence-corrected chi connectivity index (χ2v) is 5.85. The normalized spacial score (nSPS) is 11.9. The summed E-state index contributed by atoms with van der Waals surface area (Å²) in [5, 5.41) is 7.08. The van der Waals surface area contributed by atoms with Gasteiger partial charge in [0.15, 0.2) is 0 Å². The maximum Gasteiger partial charge on any atom is 0.253 e. The van der Waals surface area contributed by atoms with Crippen LogP contribution in [0.3, 0.4) is 0 Å². The molecule has 0 aliphatic rings. The molecule has 3 aromatic rings. The number of aryl methyl sites for hydroxylation is 1. The number of anilines is 1. The quantitative estimate of drug-likeness (QED) is 0.748.